The lowest BCUT2D eigenvalue weighted by molar-refractivity contribution is -0.00909. The molecule has 0 aromatic heterocycles. The second kappa shape index (κ2) is 6.97. The minimum absolute atomic E-state index is 0.103. The first-order valence-electron chi connectivity index (χ1n) is 7.65. The number of likely N-dealkylation sites (tertiary alicyclic amines) is 1. The number of aliphatic hydroxyl groups is 1. The third-order valence-electron chi connectivity index (χ3n) is 4.20. The van der Waals surface area contributed by atoms with Crippen LogP contribution in [0.4, 0.5) is 0 Å². The Kier molecular flexibility index (Phi) is 5.01. The van der Waals surface area contributed by atoms with E-state index in [1.54, 1.807) is 0 Å². The molecule has 0 unspecified atom stereocenters. The van der Waals surface area contributed by atoms with Crippen LogP contribution in [0.15, 0.2) is 12.1 Å². The maximum atomic E-state index is 8.80. The van der Waals surface area contributed by atoms with Gasteiger partial charge < -0.3 is 14.6 Å². The van der Waals surface area contributed by atoms with E-state index in [0.717, 1.165) is 56.3 Å². The molecular formula is C16H22ClNO3. The van der Waals surface area contributed by atoms with Crippen LogP contribution < -0.4 is 4.74 Å². The Morgan fingerprint density at radius 1 is 1.33 bits per heavy atom. The van der Waals surface area contributed by atoms with Gasteiger partial charge in [0.1, 0.15) is 5.75 Å². The lowest BCUT2D eigenvalue weighted by Gasteiger charge is -2.32. The molecule has 1 N–H and O–H groups in total. The first kappa shape index (κ1) is 15.1. The molecule has 0 amide bonds. The number of rotatable bonds is 5. The third kappa shape index (κ3) is 3.69. The number of aliphatic hydroxyl groups excluding tert-OH is 1. The molecule has 1 aromatic rings. The molecular weight excluding hydrogens is 290 g/mol. The minimum atomic E-state index is 0.103. The molecule has 0 radical (unpaired) electrons. The maximum absolute atomic E-state index is 8.80. The summed E-state index contributed by atoms with van der Waals surface area (Å²) in [5, 5.41) is 9.60. The summed E-state index contributed by atoms with van der Waals surface area (Å²) in [4.78, 5) is 2.42. The maximum Gasteiger partial charge on any atom is 0.127 e. The fraction of sp³-hybridized carbons (Fsp3) is 0.625. The van der Waals surface area contributed by atoms with E-state index in [2.05, 4.69) is 4.90 Å². The van der Waals surface area contributed by atoms with Crippen molar-refractivity contribution >= 4 is 11.6 Å². The molecule has 3 rings (SSSR count). The van der Waals surface area contributed by atoms with E-state index in [-0.39, 0.29) is 12.7 Å². The van der Waals surface area contributed by atoms with Crippen LogP contribution in [0.1, 0.15) is 24.0 Å². The van der Waals surface area contributed by atoms with Gasteiger partial charge in [0.25, 0.3) is 0 Å². The number of hydrogen-bond acceptors (Lipinski definition) is 4. The molecule has 2 aliphatic heterocycles. The van der Waals surface area contributed by atoms with Gasteiger partial charge in [-0.3, -0.25) is 4.90 Å². The van der Waals surface area contributed by atoms with E-state index in [0.29, 0.717) is 6.61 Å². The smallest absolute Gasteiger partial charge is 0.127 e. The zero-order valence-electron chi connectivity index (χ0n) is 12.2. The van der Waals surface area contributed by atoms with Crippen molar-refractivity contribution in [3.8, 4) is 5.75 Å². The summed E-state index contributed by atoms with van der Waals surface area (Å²) in [6, 6.07) is 4.04. The van der Waals surface area contributed by atoms with E-state index in [9.17, 15) is 0 Å². The number of fused-ring (bicyclic) bond motifs is 1. The number of benzene rings is 1. The van der Waals surface area contributed by atoms with Crippen LogP contribution in [-0.2, 0) is 17.7 Å². The average Bonchev–Trinajstić information content (AvgIpc) is 2.95. The largest absolute Gasteiger partial charge is 0.493 e. The first-order valence-corrected chi connectivity index (χ1v) is 8.03. The minimum Gasteiger partial charge on any atom is -0.493 e. The van der Waals surface area contributed by atoms with Crippen LogP contribution in [0.2, 0.25) is 5.02 Å². The molecule has 0 spiro atoms. The SMILES string of the molecule is OCCOC1CCN(Cc2cc(Cl)cc3c2OCC3)CC1. The van der Waals surface area contributed by atoms with Crippen molar-refractivity contribution in [3.05, 3.63) is 28.3 Å². The Balaban J connectivity index is 1.59. The monoisotopic (exact) mass is 311 g/mol. The molecule has 116 valence electrons. The highest BCUT2D eigenvalue weighted by atomic mass is 35.5. The van der Waals surface area contributed by atoms with E-state index in [1.807, 2.05) is 12.1 Å². The fourth-order valence-corrected chi connectivity index (χ4v) is 3.42. The number of halogens is 1. The van der Waals surface area contributed by atoms with Gasteiger partial charge >= 0.3 is 0 Å². The molecule has 0 bridgehead atoms. The zero-order valence-corrected chi connectivity index (χ0v) is 12.9. The second-order valence-corrected chi connectivity index (χ2v) is 6.16. The van der Waals surface area contributed by atoms with Crippen LogP contribution >= 0.6 is 11.6 Å². The number of piperidine rings is 1. The zero-order chi connectivity index (χ0) is 14.7. The Hall–Kier alpha value is -0.810. The lowest BCUT2D eigenvalue weighted by Crippen LogP contribution is -2.37. The lowest BCUT2D eigenvalue weighted by atomic mass is 10.0. The van der Waals surface area contributed by atoms with Gasteiger partial charge in [-0.05, 0) is 30.5 Å². The molecule has 0 saturated carbocycles. The molecule has 5 heteroatoms. The standard InChI is InChI=1S/C16H22ClNO3/c17-14-9-12-3-7-21-16(12)13(10-14)11-18-4-1-15(2-5-18)20-8-6-19/h9-10,15,19H,1-8,11H2. The van der Waals surface area contributed by atoms with Crippen molar-refractivity contribution < 1.29 is 14.6 Å². The molecule has 0 aliphatic carbocycles. The molecule has 4 nitrogen and oxygen atoms in total. The molecule has 1 fully saturated rings. The Morgan fingerprint density at radius 2 is 2.14 bits per heavy atom. The fourth-order valence-electron chi connectivity index (χ4n) is 3.16. The highest BCUT2D eigenvalue weighted by Gasteiger charge is 2.23. The molecule has 2 heterocycles. The van der Waals surface area contributed by atoms with Crippen molar-refractivity contribution in [2.24, 2.45) is 0 Å². The Labute approximate surface area is 130 Å². The molecule has 21 heavy (non-hydrogen) atoms. The summed E-state index contributed by atoms with van der Waals surface area (Å²) >= 11 is 6.21. The third-order valence-corrected chi connectivity index (χ3v) is 4.42. The van der Waals surface area contributed by atoms with Gasteiger partial charge in [-0.1, -0.05) is 11.6 Å². The van der Waals surface area contributed by atoms with Crippen molar-refractivity contribution in [2.45, 2.75) is 31.9 Å². The molecule has 1 saturated heterocycles. The highest BCUT2D eigenvalue weighted by Crippen LogP contribution is 2.34. The number of hydrogen-bond donors (Lipinski definition) is 1. The Morgan fingerprint density at radius 3 is 2.90 bits per heavy atom. The van der Waals surface area contributed by atoms with Crippen molar-refractivity contribution in [2.75, 3.05) is 32.9 Å². The Bertz CT molecular complexity index is 487. The van der Waals surface area contributed by atoms with Crippen molar-refractivity contribution in [1.82, 2.24) is 4.90 Å². The predicted molar refractivity (Wildman–Crippen MR) is 82.0 cm³/mol. The van der Waals surface area contributed by atoms with Gasteiger partial charge in [-0.2, -0.15) is 0 Å². The van der Waals surface area contributed by atoms with Crippen LogP contribution in [0.25, 0.3) is 0 Å². The van der Waals surface area contributed by atoms with Gasteiger partial charge in [-0.25, -0.2) is 0 Å². The summed E-state index contributed by atoms with van der Waals surface area (Å²) in [5.41, 5.74) is 2.43. The molecule has 0 atom stereocenters. The van der Waals surface area contributed by atoms with Crippen LogP contribution in [0.3, 0.4) is 0 Å². The van der Waals surface area contributed by atoms with Crippen LogP contribution in [0, 0.1) is 0 Å². The van der Waals surface area contributed by atoms with Gasteiger partial charge in [0.15, 0.2) is 0 Å². The van der Waals surface area contributed by atoms with Crippen LogP contribution in [0.5, 0.6) is 5.75 Å². The quantitative estimate of drug-likeness (QED) is 0.905. The van der Waals surface area contributed by atoms with Crippen molar-refractivity contribution in [1.29, 1.82) is 0 Å². The number of nitrogens with zero attached hydrogens (tertiary/aromatic N) is 1. The summed E-state index contributed by atoms with van der Waals surface area (Å²) < 4.78 is 11.4. The van der Waals surface area contributed by atoms with Crippen LogP contribution in [-0.4, -0.2) is 49.0 Å². The summed E-state index contributed by atoms with van der Waals surface area (Å²) in [6.45, 7) is 4.22. The average molecular weight is 312 g/mol. The summed E-state index contributed by atoms with van der Waals surface area (Å²) in [6.07, 6.45) is 3.28. The van der Waals surface area contributed by atoms with E-state index < -0.39 is 0 Å². The highest BCUT2D eigenvalue weighted by molar-refractivity contribution is 6.30. The van der Waals surface area contributed by atoms with E-state index in [4.69, 9.17) is 26.2 Å². The van der Waals surface area contributed by atoms with E-state index in [1.165, 1.54) is 11.1 Å². The topological polar surface area (TPSA) is 41.9 Å². The van der Waals surface area contributed by atoms with Gasteiger partial charge in [0.2, 0.25) is 0 Å². The normalized spacial score (nSPS) is 19.5. The predicted octanol–water partition coefficient (Wildman–Crippen LogP) is 2.25. The van der Waals surface area contributed by atoms with Crippen molar-refractivity contribution in [3.63, 3.8) is 0 Å². The first-order chi connectivity index (χ1) is 10.3. The van der Waals surface area contributed by atoms with Gasteiger partial charge in [0.05, 0.1) is 25.9 Å². The second-order valence-electron chi connectivity index (χ2n) is 5.72. The van der Waals surface area contributed by atoms with Gasteiger partial charge in [-0.15, -0.1) is 0 Å². The molecule has 1 aromatic carbocycles. The number of ether oxygens (including phenoxy) is 2. The molecule has 2 aliphatic rings. The summed E-state index contributed by atoms with van der Waals surface area (Å²) in [7, 11) is 0. The van der Waals surface area contributed by atoms with Gasteiger partial charge in [0, 0.05) is 36.6 Å². The summed E-state index contributed by atoms with van der Waals surface area (Å²) in [5.74, 6) is 1.04. The van der Waals surface area contributed by atoms with E-state index >= 15 is 0 Å².